The molecule has 0 spiro atoms. The fourth-order valence-electron chi connectivity index (χ4n) is 3.08. The van der Waals surface area contributed by atoms with Gasteiger partial charge in [0.15, 0.2) is 0 Å². The molecule has 0 saturated carbocycles. The molecule has 0 aromatic heterocycles. The van der Waals surface area contributed by atoms with E-state index in [1.165, 1.54) is 32.7 Å². The number of benzene rings is 1. The zero-order valence-corrected chi connectivity index (χ0v) is 16.0. The lowest BCUT2D eigenvalue weighted by atomic mass is 10.1. The predicted molar refractivity (Wildman–Crippen MR) is 102 cm³/mol. The van der Waals surface area contributed by atoms with Crippen LogP contribution in [0.15, 0.2) is 24.3 Å². The molecule has 1 aromatic rings. The van der Waals surface area contributed by atoms with Crippen LogP contribution in [-0.4, -0.2) is 58.7 Å². The maximum atomic E-state index is 12.5. The fraction of sp³-hybridized carbons (Fsp3) is 0.611. The highest BCUT2D eigenvalue weighted by atomic mass is 32.2. The van der Waals surface area contributed by atoms with E-state index in [1.807, 2.05) is 0 Å². The second-order valence-corrected chi connectivity index (χ2v) is 8.63. The molecular formula is C18H29N3O3S. The SMILES string of the molecule is CN(c1ccccc1C(=O)NCCCN1CCCCCC1)S(C)(=O)=O. The summed E-state index contributed by atoms with van der Waals surface area (Å²) in [6.45, 7) is 3.88. The Morgan fingerprint density at radius 3 is 2.44 bits per heavy atom. The molecule has 1 fully saturated rings. The molecule has 1 aliphatic rings. The normalized spacial score (nSPS) is 16.2. The van der Waals surface area contributed by atoms with Gasteiger partial charge in [0.05, 0.1) is 17.5 Å². The van der Waals surface area contributed by atoms with Crippen LogP contribution in [0.1, 0.15) is 42.5 Å². The van der Waals surface area contributed by atoms with Crippen molar-refractivity contribution in [3.63, 3.8) is 0 Å². The van der Waals surface area contributed by atoms with E-state index in [1.54, 1.807) is 24.3 Å². The molecule has 0 atom stereocenters. The lowest BCUT2D eigenvalue weighted by molar-refractivity contribution is 0.0952. The summed E-state index contributed by atoms with van der Waals surface area (Å²) in [5, 5.41) is 2.91. The molecule has 0 aliphatic carbocycles. The van der Waals surface area contributed by atoms with Crippen molar-refractivity contribution >= 4 is 21.6 Å². The number of hydrogen-bond acceptors (Lipinski definition) is 4. The number of anilines is 1. The van der Waals surface area contributed by atoms with Gasteiger partial charge in [-0.25, -0.2) is 8.42 Å². The number of carbonyl (C=O) groups excluding carboxylic acids is 1. The quantitative estimate of drug-likeness (QED) is 0.749. The number of nitrogens with one attached hydrogen (secondary N) is 1. The van der Waals surface area contributed by atoms with Crippen LogP contribution in [0.2, 0.25) is 0 Å². The number of sulfonamides is 1. The molecule has 1 heterocycles. The van der Waals surface area contributed by atoms with Crippen LogP contribution in [0.3, 0.4) is 0 Å². The number of hydrogen-bond donors (Lipinski definition) is 1. The smallest absolute Gasteiger partial charge is 0.253 e. The van der Waals surface area contributed by atoms with Gasteiger partial charge in [0.25, 0.3) is 5.91 Å². The second-order valence-electron chi connectivity index (χ2n) is 6.61. The minimum atomic E-state index is -3.41. The summed E-state index contributed by atoms with van der Waals surface area (Å²) in [5.41, 5.74) is 0.778. The molecular weight excluding hydrogens is 338 g/mol. The summed E-state index contributed by atoms with van der Waals surface area (Å²) in [4.78, 5) is 14.9. The van der Waals surface area contributed by atoms with Crippen molar-refractivity contribution in [2.45, 2.75) is 32.1 Å². The summed E-state index contributed by atoms with van der Waals surface area (Å²) >= 11 is 0. The van der Waals surface area contributed by atoms with Gasteiger partial charge in [-0.05, 0) is 51.0 Å². The van der Waals surface area contributed by atoms with E-state index < -0.39 is 10.0 Å². The number of nitrogens with zero attached hydrogens (tertiary/aromatic N) is 2. The number of para-hydroxylation sites is 1. The zero-order chi connectivity index (χ0) is 18.3. The zero-order valence-electron chi connectivity index (χ0n) is 15.2. The van der Waals surface area contributed by atoms with Crippen LogP contribution in [-0.2, 0) is 10.0 Å². The minimum absolute atomic E-state index is 0.234. The van der Waals surface area contributed by atoms with Crippen molar-refractivity contribution < 1.29 is 13.2 Å². The molecule has 2 rings (SSSR count). The Morgan fingerprint density at radius 1 is 1.16 bits per heavy atom. The van der Waals surface area contributed by atoms with Crippen LogP contribution < -0.4 is 9.62 Å². The van der Waals surface area contributed by atoms with Crippen molar-refractivity contribution in [2.75, 3.05) is 43.8 Å². The average Bonchev–Trinajstić information content (AvgIpc) is 2.86. The predicted octanol–water partition coefficient (Wildman–Crippen LogP) is 2.08. The van der Waals surface area contributed by atoms with Gasteiger partial charge in [-0.1, -0.05) is 25.0 Å². The highest BCUT2D eigenvalue weighted by Gasteiger charge is 2.19. The van der Waals surface area contributed by atoms with Gasteiger partial charge in [0, 0.05) is 13.6 Å². The number of rotatable bonds is 7. The van der Waals surface area contributed by atoms with Crippen LogP contribution in [0.4, 0.5) is 5.69 Å². The Bertz CT molecular complexity index is 668. The van der Waals surface area contributed by atoms with Crippen LogP contribution >= 0.6 is 0 Å². The summed E-state index contributed by atoms with van der Waals surface area (Å²) in [5.74, 6) is -0.234. The molecule has 1 saturated heterocycles. The molecule has 7 heteroatoms. The largest absolute Gasteiger partial charge is 0.352 e. The van der Waals surface area contributed by atoms with E-state index in [-0.39, 0.29) is 5.91 Å². The maximum Gasteiger partial charge on any atom is 0.253 e. The number of likely N-dealkylation sites (tertiary alicyclic amines) is 1. The lowest BCUT2D eigenvalue weighted by Crippen LogP contribution is -2.32. The van der Waals surface area contributed by atoms with Gasteiger partial charge in [-0.3, -0.25) is 9.10 Å². The summed E-state index contributed by atoms with van der Waals surface area (Å²) in [6.07, 6.45) is 7.18. The van der Waals surface area contributed by atoms with Crippen LogP contribution in [0.5, 0.6) is 0 Å². The van der Waals surface area contributed by atoms with Crippen LogP contribution in [0.25, 0.3) is 0 Å². The molecule has 1 amide bonds. The first kappa shape index (κ1) is 19.7. The summed E-state index contributed by atoms with van der Waals surface area (Å²) < 4.78 is 24.7. The van der Waals surface area contributed by atoms with Gasteiger partial charge in [0.2, 0.25) is 10.0 Å². The first-order chi connectivity index (χ1) is 11.9. The van der Waals surface area contributed by atoms with Gasteiger partial charge in [-0.2, -0.15) is 0 Å². The third-order valence-electron chi connectivity index (χ3n) is 4.62. The standard InChI is InChI=1S/C18H29N3O3S/c1-20(25(2,23)24)17-11-6-5-10-16(17)18(22)19-12-9-15-21-13-7-3-4-8-14-21/h5-6,10-11H,3-4,7-9,12-15H2,1-2H3,(H,19,22). The number of carbonyl (C=O) groups is 1. The third kappa shape index (κ3) is 6.01. The van der Waals surface area contributed by atoms with Crippen molar-refractivity contribution in [2.24, 2.45) is 0 Å². The van der Waals surface area contributed by atoms with Crippen molar-refractivity contribution in [3.8, 4) is 0 Å². The molecule has 25 heavy (non-hydrogen) atoms. The highest BCUT2D eigenvalue weighted by Crippen LogP contribution is 2.21. The van der Waals surface area contributed by atoms with Gasteiger partial charge in [0.1, 0.15) is 0 Å². The molecule has 1 aromatic carbocycles. The molecule has 6 nitrogen and oxygen atoms in total. The second kappa shape index (κ2) is 9.20. The molecule has 0 unspecified atom stereocenters. The summed E-state index contributed by atoms with van der Waals surface area (Å²) in [6, 6.07) is 6.77. The lowest BCUT2D eigenvalue weighted by Gasteiger charge is -2.21. The Balaban J connectivity index is 1.88. The molecule has 1 aliphatic heterocycles. The molecule has 140 valence electrons. The topological polar surface area (TPSA) is 69.7 Å². The first-order valence-electron chi connectivity index (χ1n) is 8.93. The van der Waals surface area contributed by atoms with Crippen molar-refractivity contribution in [3.05, 3.63) is 29.8 Å². The van der Waals surface area contributed by atoms with Gasteiger partial charge in [-0.15, -0.1) is 0 Å². The van der Waals surface area contributed by atoms with E-state index >= 15 is 0 Å². The Kier molecular flexibility index (Phi) is 7.25. The van der Waals surface area contributed by atoms with E-state index in [4.69, 9.17) is 0 Å². The van der Waals surface area contributed by atoms with E-state index in [2.05, 4.69) is 10.2 Å². The Labute approximate surface area is 151 Å². The average molecular weight is 368 g/mol. The first-order valence-corrected chi connectivity index (χ1v) is 10.8. The van der Waals surface area contributed by atoms with E-state index in [0.29, 0.717) is 17.8 Å². The van der Waals surface area contributed by atoms with Crippen molar-refractivity contribution in [1.29, 1.82) is 0 Å². The molecule has 0 bridgehead atoms. The molecule has 0 radical (unpaired) electrons. The molecule has 1 N–H and O–H groups in total. The minimum Gasteiger partial charge on any atom is -0.352 e. The van der Waals surface area contributed by atoms with E-state index in [0.717, 1.165) is 36.6 Å². The Morgan fingerprint density at radius 2 is 1.80 bits per heavy atom. The number of amides is 1. The van der Waals surface area contributed by atoms with Crippen molar-refractivity contribution in [1.82, 2.24) is 10.2 Å². The van der Waals surface area contributed by atoms with Gasteiger partial charge < -0.3 is 10.2 Å². The highest BCUT2D eigenvalue weighted by molar-refractivity contribution is 7.92. The van der Waals surface area contributed by atoms with E-state index in [9.17, 15) is 13.2 Å². The van der Waals surface area contributed by atoms with Crippen LogP contribution in [0, 0.1) is 0 Å². The van der Waals surface area contributed by atoms with Gasteiger partial charge >= 0.3 is 0 Å². The summed E-state index contributed by atoms with van der Waals surface area (Å²) in [7, 11) is -1.95. The monoisotopic (exact) mass is 367 g/mol. The third-order valence-corrected chi connectivity index (χ3v) is 5.81. The maximum absolute atomic E-state index is 12.5. The fourth-order valence-corrected chi connectivity index (χ4v) is 3.59. The Hall–Kier alpha value is -1.60.